The summed E-state index contributed by atoms with van der Waals surface area (Å²) in [4.78, 5) is 21.5. The Morgan fingerprint density at radius 1 is 1.28 bits per heavy atom. The lowest BCUT2D eigenvalue weighted by Crippen LogP contribution is -2.13. The average molecular weight is 374 g/mol. The molecule has 2 aromatic heterocycles. The minimum Gasteiger partial charge on any atom is -0.496 e. The Morgan fingerprint density at radius 2 is 2.08 bits per heavy atom. The lowest BCUT2D eigenvalue weighted by Gasteiger charge is -2.09. The van der Waals surface area contributed by atoms with Crippen molar-refractivity contribution in [3.63, 3.8) is 0 Å². The van der Waals surface area contributed by atoms with Crippen molar-refractivity contribution in [1.82, 2.24) is 9.97 Å². The molecule has 0 aliphatic carbocycles. The number of hydrogen-bond acceptors (Lipinski definition) is 6. The molecule has 130 valence electrons. The summed E-state index contributed by atoms with van der Waals surface area (Å²) in [5, 5.41) is 4.10. The van der Waals surface area contributed by atoms with Crippen molar-refractivity contribution < 1.29 is 9.53 Å². The Morgan fingerprint density at radius 3 is 2.72 bits per heavy atom. The average Bonchev–Trinajstić information content (AvgIpc) is 3.13. The molecule has 0 bridgehead atoms. The van der Waals surface area contributed by atoms with Crippen molar-refractivity contribution in [3.8, 4) is 16.3 Å². The molecule has 5 nitrogen and oxygen atoms in total. The number of rotatable bonds is 6. The first kappa shape index (κ1) is 17.6. The zero-order valence-corrected chi connectivity index (χ0v) is 16.0. The molecule has 0 saturated heterocycles. The highest BCUT2D eigenvalue weighted by molar-refractivity contribution is 7.15. The van der Waals surface area contributed by atoms with Gasteiger partial charge in [0.2, 0.25) is 5.91 Å². The van der Waals surface area contributed by atoms with Gasteiger partial charge >= 0.3 is 0 Å². The van der Waals surface area contributed by atoms with Crippen LogP contribution in [-0.4, -0.2) is 23.0 Å². The fourth-order valence-corrected chi connectivity index (χ4v) is 4.47. The smallest absolute Gasteiger partial charge is 0.221 e. The van der Waals surface area contributed by atoms with Gasteiger partial charge in [-0.25, -0.2) is 9.97 Å². The molecule has 0 spiro atoms. The number of nitrogens with two attached hydrogens (primary N) is 1. The van der Waals surface area contributed by atoms with E-state index in [0.717, 1.165) is 43.2 Å². The van der Waals surface area contributed by atoms with E-state index >= 15 is 0 Å². The summed E-state index contributed by atoms with van der Waals surface area (Å²) < 4.78 is 5.44. The van der Waals surface area contributed by atoms with Crippen LogP contribution in [0.1, 0.15) is 26.8 Å². The van der Waals surface area contributed by atoms with Crippen LogP contribution >= 0.6 is 22.7 Å². The predicted octanol–water partition coefficient (Wildman–Crippen LogP) is 3.51. The molecular formula is C18H19N3O2S2. The summed E-state index contributed by atoms with van der Waals surface area (Å²) in [7, 11) is 1.64. The van der Waals surface area contributed by atoms with Gasteiger partial charge in [-0.1, -0.05) is 12.1 Å². The van der Waals surface area contributed by atoms with Crippen LogP contribution in [0.15, 0.2) is 23.6 Å². The maximum Gasteiger partial charge on any atom is 0.221 e. The molecule has 3 rings (SSSR count). The van der Waals surface area contributed by atoms with E-state index < -0.39 is 0 Å². The zero-order chi connectivity index (χ0) is 18.0. The second-order valence-corrected chi connectivity index (χ2v) is 7.89. The second kappa shape index (κ2) is 7.33. The predicted molar refractivity (Wildman–Crippen MR) is 101 cm³/mol. The summed E-state index contributed by atoms with van der Waals surface area (Å²) in [6.45, 7) is 4.01. The Balaban J connectivity index is 1.87. The van der Waals surface area contributed by atoms with Crippen LogP contribution in [0.5, 0.6) is 5.75 Å². The lowest BCUT2D eigenvalue weighted by atomic mass is 10.0. The molecule has 0 radical (unpaired) electrons. The number of ether oxygens (including phenoxy) is 1. The first-order valence-corrected chi connectivity index (χ1v) is 9.48. The van der Waals surface area contributed by atoms with Crippen LogP contribution in [0.3, 0.4) is 0 Å². The van der Waals surface area contributed by atoms with Crippen molar-refractivity contribution in [2.24, 2.45) is 5.73 Å². The Kier molecular flexibility index (Phi) is 5.15. The van der Waals surface area contributed by atoms with E-state index in [-0.39, 0.29) is 12.3 Å². The number of carbonyl (C=O) groups is 1. The quantitative estimate of drug-likeness (QED) is 0.717. The number of nitrogens with zero attached hydrogens (tertiary/aromatic N) is 2. The molecule has 25 heavy (non-hydrogen) atoms. The van der Waals surface area contributed by atoms with E-state index in [1.54, 1.807) is 29.8 Å². The fraction of sp³-hybridized carbons (Fsp3) is 0.278. The molecule has 0 aliphatic rings. The summed E-state index contributed by atoms with van der Waals surface area (Å²) in [5.41, 5.74) is 9.16. The van der Waals surface area contributed by atoms with Gasteiger partial charge in [-0.15, -0.1) is 22.7 Å². The molecule has 0 unspecified atom stereocenters. The molecular weight excluding hydrogens is 354 g/mol. The van der Waals surface area contributed by atoms with Crippen molar-refractivity contribution in [2.75, 3.05) is 7.11 Å². The van der Waals surface area contributed by atoms with E-state index in [2.05, 4.69) is 10.4 Å². The molecule has 2 heterocycles. The van der Waals surface area contributed by atoms with Crippen LogP contribution in [0.25, 0.3) is 10.6 Å². The summed E-state index contributed by atoms with van der Waals surface area (Å²) >= 11 is 3.28. The summed E-state index contributed by atoms with van der Waals surface area (Å²) in [6, 6.07) is 5.70. The number of aromatic nitrogens is 2. The van der Waals surface area contributed by atoms with Crippen LogP contribution in [0.4, 0.5) is 0 Å². The monoisotopic (exact) mass is 373 g/mol. The van der Waals surface area contributed by atoms with Crippen molar-refractivity contribution in [3.05, 3.63) is 50.4 Å². The van der Waals surface area contributed by atoms with Gasteiger partial charge in [-0.2, -0.15) is 0 Å². The number of thiazole rings is 2. The third-order valence-corrected chi connectivity index (χ3v) is 5.70. The van der Waals surface area contributed by atoms with Gasteiger partial charge < -0.3 is 10.5 Å². The molecule has 0 fully saturated rings. The normalized spacial score (nSPS) is 10.8. The largest absolute Gasteiger partial charge is 0.496 e. The SMILES string of the molecule is COc1ccc(CC(N)=O)cc1Cc1nc(-c2sc(C)nc2C)cs1. The molecule has 3 aromatic rings. The molecule has 1 aromatic carbocycles. The van der Waals surface area contributed by atoms with E-state index in [0.29, 0.717) is 6.42 Å². The molecule has 0 aliphatic heterocycles. The highest BCUT2D eigenvalue weighted by Crippen LogP contribution is 2.32. The maximum absolute atomic E-state index is 11.2. The van der Waals surface area contributed by atoms with Crippen LogP contribution in [-0.2, 0) is 17.6 Å². The molecule has 0 atom stereocenters. The third-order valence-electron chi connectivity index (χ3n) is 3.75. The zero-order valence-electron chi connectivity index (χ0n) is 14.3. The maximum atomic E-state index is 11.2. The Hall–Kier alpha value is -2.25. The minimum absolute atomic E-state index is 0.222. The van der Waals surface area contributed by atoms with Crippen LogP contribution in [0.2, 0.25) is 0 Å². The number of methoxy groups -OCH3 is 1. The molecule has 0 saturated carbocycles. The fourth-order valence-electron chi connectivity index (χ4n) is 2.71. The number of hydrogen-bond donors (Lipinski definition) is 1. The van der Waals surface area contributed by atoms with Gasteiger partial charge in [0.25, 0.3) is 0 Å². The summed E-state index contributed by atoms with van der Waals surface area (Å²) in [5.74, 6) is 0.443. The molecule has 2 N–H and O–H groups in total. The second-order valence-electron chi connectivity index (χ2n) is 5.74. The topological polar surface area (TPSA) is 78.1 Å². The molecule has 1 amide bonds. The van der Waals surface area contributed by atoms with E-state index in [9.17, 15) is 4.79 Å². The van der Waals surface area contributed by atoms with Crippen LogP contribution < -0.4 is 10.5 Å². The number of benzene rings is 1. The standard InChI is InChI=1S/C18H19N3O2S2/c1-10-18(25-11(2)20-10)14-9-24-17(21-14)8-13-6-12(7-16(19)22)4-5-15(13)23-3/h4-6,9H,7-8H2,1-3H3,(H2,19,22). The van der Waals surface area contributed by atoms with E-state index in [1.165, 1.54) is 0 Å². The van der Waals surface area contributed by atoms with E-state index in [4.69, 9.17) is 15.5 Å². The van der Waals surface area contributed by atoms with E-state index in [1.807, 2.05) is 32.0 Å². The van der Waals surface area contributed by atoms with Gasteiger partial charge in [0.15, 0.2) is 0 Å². The highest BCUT2D eigenvalue weighted by Gasteiger charge is 2.14. The van der Waals surface area contributed by atoms with Crippen molar-refractivity contribution in [1.29, 1.82) is 0 Å². The third kappa shape index (κ3) is 4.05. The number of aryl methyl sites for hydroxylation is 2. The minimum atomic E-state index is -0.344. The summed E-state index contributed by atoms with van der Waals surface area (Å²) in [6.07, 6.45) is 0.872. The van der Waals surface area contributed by atoms with Gasteiger partial charge in [0, 0.05) is 17.4 Å². The first-order valence-electron chi connectivity index (χ1n) is 7.79. The number of primary amides is 1. The van der Waals surface area contributed by atoms with Crippen molar-refractivity contribution >= 4 is 28.6 Å². The van der Waals surface area contributed by atoms with Gasteiger partial charge in [-0.05, 0) is 25.5 Å². The Bertz CT molecular complexity index is 915. The van der Waals surface area contributed by atoms with Gasteiger partial charge in [-0.3, -0.25) is 4.79 Å². The lowest BCUT2D eigenvalue weighted by molar-refractivity contribution is -0.117. The Labute approximate surface area is 154 Å². The van der Waals surface area contributed by atoms with Gasteiger partial charge in [0.05, 0.1) is 39.8 Å². The highest BCUT2D eigenvalue weighted by atomic mass is 32.1. The van der Waals surface area contributed by atoms with Gasteiger partial charge in [0.1, 0.15) is 5.75 Å². The first-order chi connectivity index (χ1) is 12.0. The number of amides is 1. The molecule has 7 heteroatoms. The number of carbonyl (C=O) groups excluding carboxylic acids is 1. The van der Waals surface area contributed by atoms with Crippen LogP contribution in [0, 0.1) is 13.8 Å². The van der Waals surface area contributed by atoms with Crippen molar-refractivity contribution in [2.45, 2.75) is 26.7 Å².